The van der Waals surface area contributed by atoms with Gasteiger partial charge >= 0.3 is 0 Å². The summed E-state index contributed by atoms with van der Waals surface area (Å²) in [6.45, 7) is 5.90. The van der Waals surface area contributed by atoms with E-state index in [1.54, 1.807) is 24.3 Å². The van der Waals surface area contributed by atoms with Gasteiger partial charge in [0.15, 0.2) is 6.10 Å². The number of amides is 1. The van der Waals surface area contributed by atoms with Crippen LogP contribution in [-0.4, -0.2) is 39.7 Å². The Labute approximate surface area is 229 Å². The molecule has 0 spiro atoms. The molecule has 0 saturated heterocycles. The second-order valence-corrected chi connectivity index (χ2v) is 11.9. The van der Waals surface area contributed by atoms with Gasteiger partial charge in [0.2, 0.25) is 0 Å². The summed E-state index contributed by atoms with van der Waals surface area (Å²) in [5.41, 5.74) is 1.80. The first-order valence-electron chi connectivity index (χ1n) is 13.2. The van der Waals surface area contributed by atoms with Crippen molar-refractivity contribution in [3.8, 4) is 17.2 Å². The van der Waals surface area contributed by atoms with E-state index in [2.05, 4.69) is 19.2 Å². The molecular weight excluding hydrogens is 516 g/mol. The lowest BCUT2D eigenvalue weighted by atomic mass is 9.83. The zero-order valence-electron chi connectivity index (χ0n) is 22.6. The number of aryl methyl sites for hydroxylation is 1. The number of carbonyl (C=O) groups is 1. The van der Waals surface area contributed by atoms with Crippen LogP contribution in [0.5, 0.6) is 17.2 Å². The molecule has 2 aliphatic heterocycles. The molecule has 5 rings (SSSR count). The largest absolute Gasteiger partial charge is 0.497 e. The molecular formula is C30H34N2O6S. The molecule has 0 fully saturated rings. The number of rotatable bonds is 7. The van der Waals surface area contributed by atoms with Crippen LogP contribution in [0.4, 0.5) is 5.69 Å². The molecule has 39 heavy (non-hydrogen) atoms. The number of fused-ring (bicyclic) bond motifs is 2. The predicted octanol–water partition coefficient (Wildman–Crippen LogP) is 5.16. The number of benzene rings is 3. The monoisotopic (exact) mass is 550 g/mol. The number of carbonyl (C=O) groups excluding carboxylic acids is 1. The van der Waals surface area contributed by atoms with Gasteiger partial charge in [-0.25, -0.2) is 8.42 Å². The molecule has 0 aliphatic carbocycles. The van der Waals surface area contributed by atoms with Gasteiger partial charge in [-0.15, -0.1) is 0 Å². The molecule has 3 aromatic rings. The van der Waals surface area contributed by atoms with Gasteiger partial charge in [0.25, 0.3) is 15.9 Å². The van der Waals surface area contributed by atoms with Crippen LogP contribution in [0.15, 0.2) is 71.6 Å². The van der Waals surface area contributed by atoms with Gasteiger partial charge in [-0.05, 0) is 67.8 Å². The van der Waals surface area contributed by atoms with Crippen LogP contribution in [0.2, 0.25) is 0 Å². The first kappa shape index (κ1) is 26.9. The molecule has 2 heterocycles. The number of para-hydroxylation sites is 1. The van der Waals surface area contributed by atoms with Crippen LogP contribution in [0.25, 0.3) is 0 Å². The summed E-state index contributed by atoms with van der Waals surface area (Å²) < 4.78 is 46.6. The lowest BCUT2D eigenvalue weighted by Crippen LogP contribution is -2.52. The molecule has 0 saturated carbocycles. The molecule has 2 atom stereocenters. The van der Waals surface area contributed by atoms with Crippen LogP contribution in [0, 0.1) is 6.92 Å². The van der Waals surface area contributed by atoms with Crippen molar-refractivity contribution in [3.63, 3.8) is 0 Å². The summed E-state index contributed by atoms with van der Waals surface area (Å²) in [5, 5.41) is 3.16. The van der Waals surface area contributed by atoms with E-state index in [9.17, 15) is 13.2 Å². The number of nitrogens with zero attached hydrogens (tertiary/aromatic N) is 1. The van der Waals surface area contributed by atoms with Crippen LogP contribution in [0.1, 0.15) is 50.3 Å². The summed E-state index contributed by atoms with van der Waals surface area (Å²) in [5.74, 6) is 1.28. The van der Waals surface area contributed by atoms with Crippen LogP contribution in [-0.2, 0) is 14.8 Å². The smallest absolute Gasteiger partial charge is 0.264 e. The average molecular weight is 551 g/mol. The summed E-state index contributed by atoms with van der Waals surface area (Å²) >= 11 is 0. The molecule has 0 aromatic heterocycles. The number of nitrogens with one attached hydrogen (secondary N) is 1. The normalized spacial score (nSPS) is 19.6. The van der Waals surface area contributed by atoms with Crippen LogP contribution >= 0.6 is 0 Å². The van der Waals surface area contributed by atoms with Gasteiger partial charge in [-0.2, -0.15) is 0 Å². The number of hydrogen-bond acceptors (Lipinski definition) is 6. The standard InChI is InChI=1S/C30H34N2O6S/c1-5-30(6-2)18-24(23-9-7-8-10-26(23)38-30)31-29(33)28-19-32(25-16-11-20(3)17-27(25)37-28)39(34,35)22-14-12-21(36-4)13-15-22/h7-17,24,28H,5-6,18-19H2,1-4H3,(H,31,33)/t24-,28+/m1/s1. The van der Waals surface area contributed by atoms with E-state index < -0.39 is 21.7 Å². The molecule has 0 unspecified atom stereocenters. The molecule has 1 amide bonds. The summed E-state index contributed by atoms with van der Waals surface area (Å²) in [6.07, 6.45) is 1.16. The summed E-state index contributed by atoms with van der Waals surface area (Å²) in [6, 6.07) is 18.9. The van der Waals surface area contributed by atoms with E-state index >= 15 is 0 Å². The van der Waals surface area contributed by atoms with Crippen molar-refractivity contribution in [1.82, 2.24) is 5.32 Å². The molecule has 0 radical (unpaired) electrons. The summed E-state index contributed by atoms with van der Waals surface area (Å²) in [7, 11) is -2.47. The predicted molar refractivity (Wildman–Crippen MR) is 149 cm³/mol. The van der Waals surface area contributed by atoms with E-state index in [-0.39, 0.29) is 23.4 Å². The fraction of sp³-hybridized carbons (Fsp3) is 0.367. The third kappa shape index (κ3) is 5.03. The van der Waals surface area contributed by atoms with E-state index in [0.717, 1.165) is 29.7 Å². The maximum atomic E-state index is 13.8. The molecule has 9 heteroatoms. The van der Waals surface area contributed by atoms with Crippen molar-refractivity contribution in [1.29, 1.82) is 0 Å². The van der Waals surface area contributed by atoms with Gasteiger partial charge in [0, 0.05) is 12.0 Å². The Morgan fingerprint density at radius 3 is 2.46 bits per heavy atom. The summed E-state index contributed by atoms with van der Waals surface area (Å²) in [4.78, 5) is 13.8. The molecule has 8 nitrogen and oxygen atoms in total. The number of sulfonamides is 1. The Bertz CT molecular complexity index is 1470. The van der Waals surface area contributed by atoms with E-state index in [1.807, 2.05) is 37.3 Å². The number of ether oxygens (including phenoxy) is 3. The van der Waals surface area contributed by atoms with E-state index in [0.29, 0.717) is 23.6 Å². The second-order valence-electron chi connectivity index (χ2n) is 10.1. The lowest BCUT2D eigenvalue weighted by Gasteiger charge is -2.42. The van der Waals surface area contributed by atoms with Crippen molar-refractivity contribution in [2.75, 3.05) is 18.0 Å². The van der Waals surface area contributed by atoms with Crippen molar-refractivity contribution in [3.05, 3.63) is 77.9 Å². The minimum Gasteiger partial charge on any atom is -0.497 e. The fourth-order valence-electron chi connectivity index (χ4n) is 5.29. The quantitative estimate of drug-likeness (QED) is 0.437. The highest BCUT2D eigenvalue weighted by molar-refractivity contribution is 7.92. The molecule has 3 aromatic carbocycles. The number of anilines is 1. The maximum Gasteiger partial charge on any atom is 0.264 e. The van der Waals surface area contributed by atoms with Crippen molar-refractivity contribution < 1.29 is 27.4 Å². The van der Waals surface area contributed by atoms with Gasteiger partial charge in [0.05, 0.1) is 30.3 Å². The highest BCUT2D eigenvalue weighted by Gasteiger charge is 2.42. The SMILES string of the molecule is CCC1(CC)C[C@@H](NC(=O)[C@@H]2CN(S(=O)(=O)c3ccc(OC)cc3)c3ccc(C)cc3O2)c2ccccc2O1. The Kier molecular flexibility index (Phi) is 7.20. The first-order chi connectivity index (χ1) is 18.7. The minimum atomic E-state index is -3.99. The molecule has 1 N–H and O–H groups in total. The third-order valence-corrected chi connectivity index (χ3v) is 9.52. The van der Waals surface area contributed by atoms with E-state index in [1.165, 1.54) is 23.5 Å². The highest BCUT2D eigenvalue weighted by Crippen LogP contribution is 2.43. The van der Waals surface area contributed by atoms with Crippen LogP contribution in [0.3, 0.4) is 0 Å². The Morgan fingerprint density at radius 2 is 1.77 bits per heavy atom. The number of methoxy groups -OCH3 is 1. The van der Waals surface area contributed by atoms with Crippen molar-refractivity contribution in [2.24, 2.45) is 0 Å². The fourth-order valence-corrected chi connectivity index (χ4v) is 6.77. The zero-order valence-corrected chi connectivity index (χ0v) is 23.5. The molecule has 0 bridgehead atoms. The van der Waals surface area contributed by atoms with Crippen molar-refractivity contribution >= 4 is 21.6 Å². The van der Waals surface area contributed by atoms with Crippen LogP contribution < -0.4 is 23.8 Å². The average Bonchev–Trinajstić information content (AvgIpc) is 2.96. The maximum absolute atomic E-state index is 13.8. The third-order valence-electron chi connectivity index (χ3n) is 7.73. The number of hydrogen-bond donors (Lipinski definition) is 1. The van der Waals surface area contributed by atoms with Crippen molar-refractivity contribution in [2.45, 2.75) is 62.7 Å². The molecule has 206 valence electrons. The zero-order chi connectivity index (χ0) is 27.8. The van der Waals surface area contributed by atoms with Gasteiger partial charge in [0.1, 0.15) is 22.8 Å². The highest BCUT2D eigenvalue weighted by atomic mass is 32.2. The van der Waals surface area contributed by atoms with Gasteiger partial charge in [-0.1, -0.05) is 38.1 Å². The Balaban J connectivity index is 1.46. The second kappa shape index (κ2) is 10.4. The first-order valence-corrected chi connectivity index (χ1v) is 14.7. The Morgan fingerprint density at radius 1 is 1.05 bits per heavy atom. The Hall–Kier alpha value is -3.72. The lowest BCUT2D eigenvalue weighted by molar-refractivity contribution is -0.129. The molecule has 2 aliphatic rings. The van der Waals surface area contributed by atoms with Gasteiger partial charge in [-0.3, -0.25) is 9.10 Å². The topological polar surface area (TPSA) is 94.2 Å². The van der Waals surface area contributed by atoms with E-state index in [4.69, 9.17) is 14.2 Å². The van der Waals surface area contributed by atoms with Gasteiger partial charge < -0.3 is 19.5 Å². The minimum absolute atomic E-state index is 0.102.